The fourth-order valence-corrected chi connectivity index (χ4v) is 2.97. The van der Waals surface area contributed by atoms with Gasteiger partial charge in [-0.2, -0.15) is 0 Å². The molecule has 0 aliphatic heterocycles. The molecule has 1 aromatic heterocycles. The SMILES string of the molecule is COC(=O)Cc1nc(-c2ccc(C(C)(C)C)cc2)sc1C. The third kappa shape index (κ3) is 3.70. The van der Waals surface area contributed by atoms with Crippen molar-refractivity contribution in [1.29, 1.82) is 0 Å². The zero-order valence-electron chi connectivity index (χ0n) is 13.2. The van der Waals surface area contributed by atoms with Crippen molar-refractivity contribution < 1.29 is 9.53 Å². The van der Waals surface area contributed by atoms with Crippen molar-refractivity contribution in [3.63, 3.8) is 0 Å². The van der Waals surface area contributed by atoms with Crippen LogP contribution in [0.15, 0.2) is 24.3 Å². The molecule has 3 nitrogen and oxygen atoms in total. The van der Waals surface area contributed by atoms with Crippen LogP contribution in [0.3, 0.4) is 0 Å². The number of benzene rings is 1. The van der Waals surface area contributed by atoms with E-state index in [1.54, 1.807) is 11.3 Å². The van der Waals surface area contributed by atoms with Crippen LogP contribution < -0.4 is 0 Å². The van der Waals surface area contributed by atoms with E-state index >= 15 is 0 Å². The fraction of sp³-hybridized carbons (Fsp3) is 0.412. The molecular weight excluding hydrogens is 282 g/mol. The number of ether oxygens (including phenoxy) is 1. The third-order valence-electron chi connectivity index (χ3n) is 3.43. The minimum absolute atomic E-state index is 0.146. The molecule has 4 heteroatoms. The van der Waals surface area contributed by atoms with Gasteiger partial charge in [0.25, 0.3) is 0 Å². The van der Waals surface area contributed by atoms with Crippen LogP contribution in [0.4, 0.5) is 0 Å². The van der Waals surface area contributed by atoms with Crippen LogP contribution in [0.25, 0.3) is 10.6 Å². The molecule has 0 radical (unpaired) electrons. The minimum Gasteiger partial charge on any atom is -0.469 e. The second kappa shape index (κ2) is 5.98. The van der Waals surface area contributed by atoms with E-state index in [1.165, 1.54) is 12.7 Å². The lowest BCUT2D eigenvalue weighted by atomic mass is 9.87. The molecular formula is C17H21NO2S. The molecule has 0 amide bonds. The van der Waals surface area contributed by atoms with Gasteiger partial charge in [-0.15, -0.1) is 11.3 Å². The van der Waals surface area contributed by atoms with Gasteiger partial charge in [-0.05, 0) is 17.9 Å². The van der Waals surface area contributed by atoms with Gasteiger partial charge in [0.15, 0.2) is 0 Å². The summed E-state index contributed by atoms with van der Waals surface area (Å²) in [6, 6.07) is 8.49. The predicted octanol–water partition coefficient (Wildman–Crippen LogP) is 4.13. The van der Waals surface area contributed by atoms with Gasteiger partial charge in [-0.25, -0.2) is 4.98 Å². The van der Waals surface area contributed by atoms with E-state index in [4.69, 9.17) is 4.74 Å². The van der Waals surface area contributed by atoms with Crippen LogP contribution in [0.1, 0.15) is 36.9 Å². The molecule has 0 spiro atoms. The molecule has 0 saturated carbocycles. The van der Waals surface area contributed by atoms with Gasteiger partial charge in [0, 0.05) is 10.4 Å². The van der Waals surface area contributed by atoms with Crippen LogP contribution in [0.5, 0.6) is 0 Å². The van der Waals surface area contributed by atoms with Crippen molar-refractivity contribution in [2.75, 3.05) is 7.11 Å². The summed E-state index contributed by atoms with van der Waals surface area (Å²) in [5, 5.41) is 0.951. The summed E-state index contributed by atoms with van der Waals surface area (Å²) in [6.07, 6.45) is 0.235. The van der Waals surface area contributed by atoms with Crippen LogP contribution in [-0.2, 0) is 21.4 Å². The van der Waals surface area contributed by atoms with E-state index in [-0.39, 0.29) is 17.8 Å². The van der Waals surface area contributed by atoms with Gasteiger partial charge in [0.2, 0.25) is 0 Å². The molecule has 112 valence electrons. The van der Waals surface area contributed by atoms with Crippen molar-refractivity contribution in [3.8, 4) is 10.6 Å². The molecule has 0 fully saturated rings. The van der Waals surface area contributed by atoms with Gasteiger partial charge in [-0.1, -0.05) is 45.0 Å². The van der Waals surface area contributed by atoms with Crippen LogP contribution in [0.2, 0.25) is 0 Å². The normalized spacial score (nSPS) is 11.5. The van der Waals surface area contributed by atoms with Gasteiger partial charge < -0.3 is 4.74 Å². The lowest BCUT2D eigenvalue weighted by Gasteiger charge is -2.18. The highest BCUT2D eigenvalue weighted by Gasteiger charge is 2.15. The molecule has 0 bridgehead atoms. The molecule has 2 aromatic rings. The lowest BCUT2D eigenvalue weighted by molar-refractivity contribution is -0.139. The summed E-state index contributed by atoms with van der Waals surface area (Å²) in [4.78, 5) is 17.0. The first kappa shape index (κ1) is 15.7. The Morgan fingerprint density at radius 1 is 1.24 bits per heavy atom. The number of thiazole rings is 1. The number of carbonyl (C=O) groups excluding carboxylic acids is 1. The zero-order chi connectivity index (χ0) is 15.6. The summed E-state index contributed by atoms with van der Waals surface area (Å²) >= 11 is 1.61. The van der Waals surface area contributed by atoms with Crippen LogP contribution in [-0.4, -0.2) is 18.1 Å². The Bertz CT molecular complexity index is 636. The number of hydrogen-bond acceptors (Lipinski definition) is 4. The summed E-state index contributed by atoms with van der Waals surface area (Å²) in [5.41, 5.74) is 3.34. The molecule has 21 heavy (non-hydrogen) atoms. The molecule has 0 saturated heterocycles. The molecule has 0 aliphatic carbocycles. The first-order valence-electron chi connectivity index (χ1n) is 6.95. The maximum absolute atomic E-state index is 11.4. The second-order valence-corrected chi connectivity index (χ2v) is 7.31. The van der Waals surface area contributed by atoms with E-state index in [2.05, 4.69) is 50.0 Å². The third-order valence-corrected chi connectivity index (χ3v) is 4.49. The van der Waals surface area contributed by atoms with Gasteiger partial charge in [0.05, 0.1) is 19.2 Å². The number of hydrogen-bond donors (Lipinski definition) is 0. The average Bonchev–Trinajstić information content (AvgIpc) is 2.79. The van der Waals surface area contributed by atoms with E-state index in [0.29, 0.717) is 0 Å². The Morgan fingerprint density at radius 3 is 2.38 bits per heavy atom. The monoisotopic (exact) mass is 303 g/mol. The van der Waals surface area contributed by atoms with E-state index in [1.807, 2.05) is 6.92 Å². The van der Waals surface area contributed by atoms with Crippen molar-refractivity contribution in [1.82, 2.24) is 4.98 Å². The Hall–Kier alpha value is -1.68. The molecule has 1 aromatic carbocycles. The Morgan fingerprint density at radius 2 is 1.86 bits per heavy atom. The topological polar surface area (TPSA) is 39.2 Å². The number of rotatable bonds is 3. The Kier molecular flexibility index (Phi) is 4.47. The fourth-order valence-electron chi connectivity index (χ4n) is 2.04. The zero-order valence-corrected chi connectivity index (χ0v) is 14.0. The number of aromatic nitrogens is 1. The quantitative estimate of drug-likeness (QED) is 0.800. The summed E-state index contributed by atoms with van der Waals surface area (Å²) in [7, 11) is 1.40. The standard InChI is InChI=1S/C17H21NO2S/c1-11-14(10-15(19)20-5)18-16(21-11)12-6-8-13(9-7-12)17(2,3)4/h6-9H,10H2,1-5H3. The van der Waals surface area contributed by atoms with Crippen LogP contribution >= 0.6 is 11.3 Å². The predicted molar refractivity (Wildman–Crippen MR) is 86.7 cm³/mol. The molecule has 0 atom stereocenters. The van der Waals surface area contributed by atoms with E-state index < -0.39 is 0 Å². The summed E-state index contributed by atoms with van der Waals surface area (Å²) in [5.74, 6) is -0.252. The van der Waals surface area contributed by atoms with Gasteiger partial charge in [0.1, 0.15) is 5.01 Å². The van der Waals surface area contributed by atoms with E-state index in [9.17, 15) is 4.79 Å². The molecule has 2 rings (SSSR count). The highest BCUT2D eigenvalue weighted by atomic mass is 32.1. The van der Waals surface area contributed by atoms with E-state index in [0.717, 1.165) is 21.1 Å². The highest BCUT2D eigenvalue weighted by Crippen LogP contribution is 2.30. The largest absolute Gasteiger partial charge is 0.469 e. The van der Waals surface area contributed by atoms with Crippen molar-refractivity contribution >= 4 is 17.3 Å². The maximum Gasteiger partial charge on any atom is 0.311 e. The van der Waals surface area contributed by atoms with Gasteiger partial charge >= 0.3 is 5.97 Å². The number of nitrogens with zero attached hydrogens (tertiary/aromatic N) is 1. The minimum atomic E-state index is -0.252. The Labute approximate surface area is 130 Å². The number of esters is 1. The Balaban J connectivity index is 2.26. The van der Waals surface area contributed by atoms with Gasteiger partial charge in [-0.3, -0.25) is 4.79 Å². The summed E-state index contributed by atoms with van der Waals surface area (Å²) in [6.45, 7) is 8.58. The second-order valence-electron chi connectivity index (χ2n) is 6.10. The first-order chi connectivity index (χ1) is 9.81. The maximum atomic E-state index is 11.4. The van der Waals surface area contributed by atoms with Crippen molar-refractivity contribution in [2.24, 2.45) is 0 Å². The first-order valence-corrected chi connectivity index (χ1v) is 7.77. The van der Waals surface area contributed by atoms with Crippen molar-refractivity contribution in [3.05, 3.63) is 40.4 Å². The molecule has 0 N–H and O–H groups in total. The summed E-state index contributed by atoms with van der Waals surface area (Å²) < 4.78 is 4.70. The number of carbonyl (C=O) groups is 1. The molecule has 1 heterocycles. The molecule has 0 aliphatic rings. The smallest absolute Gasteiger partial charge is 0.311 e. The number of aryl methyl sites for hydroxylation is 1. The number of methoxy groups -OCH3 is 1. The average molecular weight is 303 g/mol. The highest BCUT2D eigenvalue weighted by molar-refractivity contribution is 7.15. The lowest BCUT2D eigenvalue weighted by Crippen LogP contribution is -2.10. The van der Waals surface area contributed by atoms with Crippen molar-refractivity contribution in [2.45, 2.75) is 39.5 Å². The van der Waals surface area contributed by atoms with Crippen LogP contribution in [0, 0.1) is 6.92 Å². The molecule has 0 unspecified atom stereocenters.